The Bertz CT molecular complexity index is 1670. The first-order valence-corrected chi connectivity index (χ1v) is 13.7. The highest BCUT2D eigenvalue weighted by Crippen LogP contribution is 2.41. The van der Waals surface area contributed by atoms with Crippen molar-refractivity contribution in [3.8, 4) is 17.0 Å². The van der Waals surface area contributed by atoms with Crippen molar-refractivity contribution in [2.75, 3.05) is 17.1 Å². The molecule has 2 heterocycles. The van der Waals surface area contributed by atoms with Crippen LogP contribution in [0.15, 0.2) is 53.7 Å². The number of nitrogens with one attached hydrogen (secondary N) is 2. The number of ether oxygens (including phenoxy) is 1. The van der Waals surface area contributed by atoms with Gasteiger partial charge in [0.2, 0.25) is 17.7 Å². The van der Waals surface area contributed by atoms with Crippen LogP contribution in [0.4, 0.5) is 11.6 Å². The first-order valence-electron chi connectivity index (χ1n) is 11.1. The SMILES string of the molecule is COc1ncc(Cl)cc1S(=O)(=O)Nc1ccc(Cl)c(-c2ccc3nc(NC(=O)C(C)(C)C)ncc3c2)c1Cl. The lowest BCUT2D eigenvalue weighted by Gasteiger charge is -2.17. The standard InChI is InChI=1S/C25H22Cl3N5O4S/c1-25(2,3)23(34)32-24-30-11-14-9-13(5-7-17(14)31-24)20-16(27)6-8-18(21(20)28)33-38(35,36)19-10-15(26)12-29-22(19)37-4/h5-12,33H,1-4H3,(H,30,31,32,34). The van der Waals surface area contributed by atoms with E-state index >= 15 is 0 Å². The summed E-state index contributed by atoms with van der Waals surface area (Å²) >= 11 is 19.1. The van der Waals surface area contributed by atoms with Crippen LogP contribution >= 0.6 is 34.8 Å². The van der Waals surface area contributed by atoms with Crippen molar-refractivity contribution in [1.29, 1.82) is 0 Å². The molecule has 2 aromatic heterocycles. The van der Waals surface area contributed by atoms with Crippen LogP contribution in [0.1, 0.15) is 20.8 Å². The minimum absolute atomic E-state index is 0.0735. The maximum Gasteiger partial charge on any atom is 0.267 e. The number of carbonyl (C=O) groups excluding carboxylic acids is 1. The molecule has 9 nitrogen and oxygen atoms in total. The molecular weight excluding hydrogens is 573 g/mol. The van der Waals surface area contributed by atoms with Gasteiger partial charge in [-0.25, -0.2) is 23.4 Å². The summed E-state index contributed by atoms with van der Waals surface area (Å²) in [6.45, 7) is 5.37. The van der Waals surface area contributed by atoms with Gasteiger partial charge >= 0.3 is 0 Å². The number of hydrogen-bond acceptors (Lipinski definition) is 7. The second-order valence-electron chi connectivity index (χ2n) is 9.22. The Morgan fingerprint density at radius 3 is 2.42 bits per heavy atom. The van der Waals surface area contributed by atoms with Gasteiger partial charge < -0.3 is 4.74 Å². The average Bonchev–Trinajstić information content (AvgIpc) is 2.85. The molecule has 0 aliphatic heterocycles. The number of amides is 1. The summed E-state index contributed by atoms with van der Waals surface area (Å²) in [6, 6.07) is 9.43. The van der Waals surface area contributed by atoms with Crippen molar-refractivity contribution >= 4 is 73.3 Å². The number of sulfonamides is 1. The number of rotatable bonds is 6. The molecule has 0 unspecified atom stereocenters. The van der Waals surface area contributed by atoms with E-state index in [1.54, 1.807) is 45.2 Å². The number of anilines is 2. The summed E-state index contributed by atoms with van der Waals surface area (Å²) in [4.78, 5) is 24.6. The highest BCUT2D eigenvalue weighted by atomic mass is 35.5. The van der Waals surface area contributed by atoms with Gasteiger partial charge in [0, 0.05) is 28.8 Å². The van der Waals surface area contributed by atoms with Gasteiger partial charge in [-0.15, -0.1) is 0 Å². The Morgan fingerprint density at radius 2 is 1.74 bits per heavy atom. The maximum atomic E-state index is 13.1. The topological polar surface area (TPSA) is 123 Å². The van der Waals surface area contributed by atoms with Crippen molar-refractivity contribution < 1.29 is 17.9 Å². The number of nitrogens with zero attached hydrogens (tertiary/aromatic N) is 3. The fourth-order valence-electron chi connectivity index (χ4n) is 3.39. The van der Waals surface area contributed by atoms with E-state index in [0.29, 0.717) is 27.1 Å². The summed E-state index contributed by atoms with van der Waals surface area (Å²) in [5, 5.41) is 3.85. The van der Waals surface area contributed by atoms with Crippen molar-refractivity contribution in [3.63, 3.8) is 0 Å². The van der Waals surface area contributed by atoms with Crippen LogP contribution < -0.4 is 14.8 Å². The number of carbonyl (C=O) groups is 1. The minimum Gasteiger partial charge on any atom is -0.480 e. The molecule has 0 aliphatic carbocycles. The molecule has 0 saturated carbocycles. The number of halogens is 3. The summed E-state index contributed by atoms with van der Waals surface area (Å²) in [7, 11) is -2.88. The lowest BCUT2D eigenvalue weighted by molar-refractivity contribution is -0.123. The van der Waals surface area contributed by atoms with Gasteiger partial charge in [-0.3, -0.25) is 14.8 Å². The fourth-order valence-corrected chi connectivity index (χ4v) is 5.52. The molecule has 198 valence electrons. The molecular formula is C25H22Cl3N5O4S. The third-order valence-corrected chi connectivity index (χ3v) is 7.65. The van der Waals surface area contributed by atoms with E-state index in [0.717, 1.165) is 0 Å². The molecule has 4 rings (SSSR count). The minimum atomic E-state index is -4.18. The second kappa shape index (κ2) is 10.5. The van der Waals surface area contributed by atoms with Crippen LogP contribution in [-0.2, 0) is 14.8 Å². The van der Waals surface area contributed by atoms with E-state index in [-0.39, 0.29) is 38.4 Å². The van der Waals surface area contributed by atoms with E-state index in [1.807, 2.05) is 0 Å². The first kappa shape index (κ1) is 27.8. The fraction of sp³-hybridized carbons (Fsp3) is 0.200. The predicted molar refractivity (Wildman–Crippen MR) is 150 cm³/mol. The number of hydrogen-bond donors (Lipinski definition) is 2. The third-order valence-electron chi connectivity index (χ3n) is 5.38. The van der Waals surface area contributed by atoms with Gasteiger partial charge in [0.25, 0.3) is 10.0 Å². The van der Waals surface area contributed by atoms with Crippen LogP contribution in [0.3, 0.4) is 0 Å². The van der Waals surface area contributed by atoms with E-state index in [1.165, 1.54) is 31.5 Å². The highest BCUT2D eigenvalue weighted by Gasteiger charge is 2.25. The number of benzene rings is 2. The molecule has 2 N–H and O–H groups in total. The Kier molecular flexibility index (Phi) is 7.72. The first-order chi connectivity index (χ1) is 17.8. The lowest BCUT2D eigenvalue weighted by atomic mass is 9.96. The van der Waals surface area contributed by atoms with Crippen LogP contribution in [0.5, 0.6) is 5.88 Å². The molecule has 1 amide bonds. The summed E-state index contributed by atoms with van der Waals surface area (Å²) < 4.78 is 33.8. The summed E-state index contributed by atoms with van der Waals surface area (Å²) in [6.07, 6.45) is 2.84. The Balaban J connectivity index is 1.70. The van der Waals surface area contributed by atoms with Crippen molar-refractivity contribution in [1.82, 2.24) is 15.0 Å². The van der Waals surface area contributed by atoms with Gasteiger partial charge in [0.15, 0.2) is 4.90 Å². The van der Waals surface area contributed by atoms with E-state index in [4.69, 9.17) is 39.5 Å². The van der Waals surface area contributed by atoms with Crippen LogP contribution in [0.2, 0.25) is 15.1 Å². The van der Waals surface area contributed by atoms with Crippen molar-refractivity contribution in [2.24, 2.45) is 5.41 Å². The largest absolute Gasteiger partial charge is 0.480 e. The monoisotopic (exact) mass is 593 g/mol. The third kappa shape index (κ3) is 5.78. The Hall–Kier alpha value is -3.18. The quantitative estimate of drug-likeness (QED) is 0.263. The van der Waals surface area contributed by atoms with Crippen LogP contribution in [-0.4, -0.2) is 36.4 Å². The van der Waals surface area contributed by atoms with Gasteiger partial charge in [-0.1, -0.05) is 61.6 Å². The van der Waals surface area contributed by atoms with Crippen LogP contribution in [0, 0.1) is 5.41 Å². The maximum absolute atomic E-state index is 13.1. The molecule has 0 fully saturated rings. The van der Waals surface area contributed by atoms with Gasteiger partial charge in [-0.05, 0) is 35.9 Å². The molecule has 0 spiro atoms. The zero-order chi connectivity index (χ0) is 27.8. The zero-order valence-corrected chi connectivity index (χ0v) is 23.7. The molecule has 0 aliphatic rings. The van der Waals surface area contributed by atoms with Crippen molar-refractivity contribution in [3.05, 3.63) is 63.9 Å². The second-order valence-corrected chi connectivity index (χ2v) is 12.1. The smallest absolute Gasteiger partial charge is 0.267 e. The van der Waals surface area contributed by atoms with E-state index < -0.39 is 15.4 Å². The van der Waals surface area contributed by atoms with Gasteiger partial charge in [0.1, 0.15) is 0 Å². The zero-order valence-electron chi connectivity index (χ0n) is 20.6. The Labute approximate surface area is 234 Å². The molecule has 4 aromatic rings. The van der Waals surface area contributed by atoms with Crippen molar-refractivity contribution in [2.45, 2.75) is 25.7 Å². The lowest BCUT2D eigenvalue weighted by Crippen LogP contribution is -2.28. The average molecular weight is 595 g/mol. The normalized spacial score (nSPS) is 11.9. The molecule has 2 aromatic carbocycles. The number of aromatic nitrogens is 3. The predicted octanol–water partition coefficient (Wildman–Crippen LogP) is 6.45. The summed E-state index contributed by atoms with van der Waals surface area (Å²) in [5.74, 6) is -0.152. The molecule has 0 bridgehead atoms. The highest BCUT2D eigenvalue weighted by molar-refractivity contribution is 7.92. The number of pyridine rings is 1. The summed E-state index contributed by atoms with van der Waals surface area (Å²) in [5.41, 5.74) is 1.07. The molecule has 38 heavy (non-hydrogen) atoms. The van der Waals surface area contributed by atoms with Gasteiger partial charge in [0.05, 0.1) is 33.4 Å². The molecule has 13 heteroatoms. The number of methoxy groups -OCH3 is 1. The molecule has 0 radical (unpaired) electrons. The van der Waals surface area contributed by atoms with E-state index in [2.05, 4.69) is 25.0 Å². The Morgan fingerprint density at radius 1 is 1.00 bits per heavy atom. The number of fused-ring (bicyclic) bond motifs is 1. The van der Waals surface area contributed by atoms with E-state index in [9.17, 15) is 13.2 Å². The van der Waals surface area contributed by atoms with Crippen LogP contribution in [0.25, 0.3) is 22.0 Å². The molecule has 0 atom stereocenters. The molecule has 0 saturated heterocycles. The van der Waals surface area contributed by atoms with Gasteiger partial charge in [-0.2, -0.15) is 0 Å².